The molecule has 0 bridgehead atoms. The van der Waals surface area contributed by atoms with E-state index in [1.54, 1.807) is 43.2 Å². The fourth-order valence-electron chi connectivity index (χ4n) is 2.87. The van der Waals surface area contributed by atoms with Gasteiger partial charge in [-0.25, -0.2) is 15.0 Å². The molecule has 8 nitrogen and oxygen atoms in total. The Kier molecular flexibility index (Phi) is 4.44. The van der Waals surface area contributed by atoms with Crippen LogP contribution in [-0.2, 0) is 7.05 Å². The summed E-state index contributed by atoms with van der Waals surface area (Å²) in [5.74, 6) is 0.932. The van der Waals surface area contributed by atoms with Gasteiger partial charge in [0.25, 0.3) is 5.91 Å². The Labute approximate surface area is 161 Å². The molecule has 4 aromatic rings. The molecule has 8 heteroatoms. The Morgan fingerprint density at radius 2 is 1.93 bits per heavy atom. The third-order valence-electron chi connectivity index (χ3n) is 4.39. The molecule has 4 aromatic heterocycles. The fraction of sp³-hybridized carbons (Fsp3) is 0.150. The van der Waals surface area contributed by atoms with Gasteiger partial charge in [-0.1, -0.05) is 0 Å². The monoisotopic (exact) mass is 373 g/mol. The predicted molar refractivity (Wildman–Crippen MR) is 108 cm³/mol. The number of hydrogen-bond acceptors (Lipinski definition) is 6. The van der Waals surface area contributed by atoms with Gasteiger partial charge in [0.1, 0.15) is 11.6 Å². The minimum absolute atomic E-state index is 0.243. The third-order valence-corrected chi connectivity index (χ3v) is 4.39. The molecule has 28 heavy (non-hydrogen) atoms. The summed E-state index contributed by atoms with van der Waals surface area (Å²) in [5.41, 5.74) is 3.18. The van der Waals surface area contributed by atoms with Crippen molar-refractivity contribution in [3.63, 3.8) is 0 Å². The van der Waals surface area contributed by atoms with Crippen LogP contribution in [0.4, 0.5) is 11.6 Å². The first-order valence-electron chi connectivity index (χ1n) is 8.68. The number of amides is 1. The summed E-state index contributed by atoms with van der Waals surface area (Å²) in [5, 5.41) is 3.72. The maximum Gasteiger partial charge on any atom is 0.257 e. The minimum Gasteiger partial charge on any atom is -0.363 e. The van der Waals surface area contributed by atoms with Crippen LogP contribution < -0.4 is 10.2 Å². The molecular weight excluding hydrogens is 354 g/mol. The van der Waals surface area contributed by atoms with E-state index >= 15 is 0 Å². The number of aryl methyl sites for hydroxylation is 1. The van der Waals surface area contributed by atoms with Crippen molar-refractivity contribution in [2.75, 3.05) is 24.3 Å². The molecule has 0 atom stereocenters. The van der Waals surface area contributed by atoms with Crippen molar-refractivity contribution in [3.8, 4) is 11.3 Å². The number of pyridine rings is 3. The molecule has 0 aliphatic carbocycles. The molecule has 0 unspecified atom stereocenters. The van der Waals surface area contributed by atoms with Gasteiger partial charge in [-0.3, -0.25) is 9.78 Å². The Morgan fingerprint density at radius 1 is 1.07 bits per heavy atom. The van der Waals surface area contributed by atoms with Gasteiger partial charge >= 0.3 is 0 Å². The van der Waals surface area contributed by atoms with Crippen LogP contribution in [0.15, 0.2) is 55.4 Å². The van der Waals surface area contributed by atoms with Crippen LogP contribution in [0.5, 0.6) is 0 Å². The molecule has 0 aliphatic heterocycles. The van der Waals surface area contributed by atoms with Crippen LogP contribution in [0.25, 0.3) is 22.2 Å². The van der Waals surface area contributed by atoms with Crippen LogP contribution in [0.1, 0.15) is 10.4 Å². The molecular formula is C20H19N7O. The van der Waals surface area contributed by atoms with E-state index in [1.807, 2.05) is 42.7 Å². The van der Waals surface area contributed by atoms with Gasteiger partial charge in [-0.15, -0.1) is 0 Å². The summed E-state index contributed by atoms with van der Waals surface area (Å²) in [6.45, 7) is 0. The van der Waals surface area contributed by atoms with E-state index in [1.165, 1.54) is 0 Å². The van der Waals surface area contributed by atoms with Gasteiger partial charge in [0, 0.05) is 50.0 Å². The lowest BCUT2D eigenvalue weighted by Gasteiger charge is -2.12. The number of anilines is 2. The van der Waals surface area contributed by atoms with Gasteiger partial charge in [-0.2, -0.15) is 0 Å². The number of nitrogens with zero attached hydrogens (tertiary/aromatic N) is 6. The van der Waals surface area contributed by atoms with E-state index in [2.05, 4.69) is 25.3 Å². The number of imidazole rings is 1. The quantitative estimate of drug-likeness (QED) is 0.592. The number of nitrogens with one attached hydrogen (secondary N) is 1. The van der Waals surface area contributed by atoms with E-state index in [4.69, 9.17) is 0 Å². The number of fused-ring (bicyclic) bond motifs is 1. The maximum atomic E-state index is 12.6. The molecule has 0 saturated carbocycles. The molecule has 0 fully saturated rings. The van der Waals surface area contributed by atoms with E-state index in [0.29, 0.717) is 17.2 Å². The molecule has 0 aromatic carbocycles. The smallest absolute Gasteiger partial charge is 0.257 e. The summed E-state index contributed by atoms with van der Waals surface area (Å²) in [6, 6.07) is 7.23. The van der Waals surface area contributed by atoms with Crippen LogP contribution in [0.3, 0.4) is 0 Å². The third kappa shape index (κ3) is 3.39. The molecule has 0 radical (unpaired) electrons. The zero-order valence-corrected chi connectivity index (χ0v) is 15.8. The largest absolute Gasteiger partial charge is 0.363 e. The molecule has 1 amide bonds. The second-order valence-corrected chi connectivity index (χ2v) is 6.63. The lowest BCUT2D eigenvalue weighted by Crippen LogP contribution is -2.15. The topological polar surface area (TPSA) is 88.8 Å². The summed E-state index contributed by atoms with van der Waals surface area (Å²) >= 11 is 0. The first-order valence-corrected chi connectivity index (χ1v) is 8.68. The number of hydrogen-bond donors (Lipinski definition) is 1. The standard InChI is InChI=1S/C20H19N7O/c1-26(2)19-8-13(4-5-22-19)20(28)25-18-7-14-6-15(9-23-16(14)10-24-18)17-11-21-12-27(17)3/h4-12H,1-3H3,(H,24,25,28). The summed E-state index contributed by atoms with van der Waals surface area (Å²) in [6.07, 6.45) is 8.59. The molecule has 140 valence electrons. The highest BCUT2D eigenvalue weighted by molar-refractivity contribution is 6.04. The van der Waals surface area contributed by atoms with Crippen molar-refractivity contribution in [3.05, 3.63) is 60.9 Å². The number of carbonyl (C=O) groups excluding carboxylic acids is 1. The summed E-state index contributed by atoms with van der Waals surface area (Å²) in [4.78, 5) is 31.6. The Balaban J connectivity index is 1.63. The molecule has 4 heterocycles. The Morgan fingerprint density at radius 3 is 2.68 bits per heavy atom. The van der Waals surface area contributed by atoms with Crippen molar-refractivity contribution in [1.82, 2.24) is 24.5 Å². The van der Waals surface area contributed by atoms with Crippen LogP contribution in [0, 0.1) is 0 Å². The lowest BCUT2D eigenvalue weighted by molar-refractivity contribution is 0.102. The van der Waals surface area contributed by atoms with E-state index in [-0.39, 0.29) is 5.91 Å². The zero-order chi connectivity index (χ0) is 19.7. The first kappa shape index (κ1) is 17.6. The van der Waals surface area contributed by atoms with Gasteiger partial charge in [0.15, 0.2) is 0 Å². The van der Waals surface area contributed by atoms with Crippen molar-refractivity contribution >= 4 is 28.4 Å². The Bertz CT molecular complexity index is 1170. The fourth-order valence-corrected chi connectivity index (χ4v) is 2.87. The molecule has 1 N–H and O–H groups in total. The van der Waals surface area contributed by atoms with Crippen LogP contribution in [0.2, 0.25) is 0 Å². The Hall–Kier alpha value is -3.81. The van der Waals surface area contributed by atoms with Gasteiger partial charge in [0.2, 0.25) is 0 Å². The zero-order valence-electron chi connectivity index (χ0n) is 15.8. The minimum atomic E-state index is -0.243. The lowest BCUT2D eigenvalue weighted by atomic mass is 10.1. The summed E-state index contributed by atoms with van der Waals surface area (Å²) < 4.78 is 1.93. The predicted octanol–water partition coefficient (Wildman–Crippen LogP) is 2.74. The SMILES string of the molecule is CN(C)c1cc(C(=O)Nc2cc3cc(-c4cncn4C)cnc3cn2)ccn1. The van der Waals surface area contributed by atoms with E-state index in [0.717, 1.165) is 22.2 Å². The highest BCUT2D eigenvalue weighted by Gasteiger charge is 2.11. The number of aromatic nitrogens is 5. The summed E-state index contributed by atoms with van der Waals surface area (Å²) in [7, 11) is 5.69. The molecule has 0 aliphatic rings. The van der Waals surface area contributed by atoms with Crippen molar-refractivity contribution in [2.24, 2.45) is 7.05 Å². The average molecular weight is 373 g/mol. The molecule has 0 spiro atoms. The molecule has 0 saturated heterocycles. The van der Waals surface area contributed by atoms with Crippen LogP contribution in [-0.4, -0.2) is 44.5 Å². The van der Waals surface area contributed by atoms with E-state index in [9.17, 15) is 4.79 Å². The first-order chi connectivity index (χ1) is 13.5. The van der Waals surface area contributed by atoms with Crippen molar-refractivity contribution in [2.45, 2.75) is 0 Å². The second-order valence-electron chi connectivity index (χ2n) is 6.63. The second kappa shape index (κ2) is 7.07. The van der Waals surface area contributed by atoms with Gasteiger partial charge < -0.3 is 14.8 Å². The van der Waals surface area contributed by atoms with E-state index < -0.39 is 0 Å². The highest BCUT2D eigenvalue weighted by atomic mass is 16.1. The number of carbonyl (C=O) groups is 1. The van der Waals surface area contributed by atoms with Gasteiger partial charge in [0.05, 0.1) is 29.9 Å². The molecule has 4 rings (SSSR count). The maximum absolute atomic E-state index is 12.6. The average Bonchev–Trinajstić information content (AvgIpc) is 3.13. The highest BCUT2D eigenvalue weighted by Crippen LogP contribution is 2.23. The normalized spacial score (nSPS) is 10.8. The van der Waals surface area contributed by atoms with Crippen molar-refractivity contribution in [1.29, 1.82) is 0 Å². The van der Waals surface area contributed by atoms with Crippen molar-refractivity contribution < 1.29 is 4.79 Å². The van der Waals surface area contributed by atoms with Crippen LogP contribution >= 0.6 is 0 Å². The van der Waals surface area contributed by atoms with Gasteiger partial charge in [-0.05, 0) is 24.3 Å². The number of rotatable bonds is 4.